The zero-order valence-corrected chi connectivity index (χ0v) is 19.4. The largest absolute Gasteiger partial charge is 0.447 e. The van der Waals surface area contributed by atoms with Gasteiger partial charge in [0.25, 0.3) is 11.9 Å². The first-order chi connectivity index (χ1) is 17.3. The van der Waals surface area contributed by atoms with Crippen LogP contribution >= 0.6 is 0 Å². The molecule has 0 atom stereocenters. The minimum Gasteiger partial charge on any atom is -0.447 e. The molecule has 0 unspecified atom stereocenters. The molecule has 2 amide bonds. The van der Waals surface area contributed by atoms with E-state index in [1.54, 1.807) is 11.0 Å². The van der Waals surface area contributed by atoms with E-state index in [0.717, 1.165) is 19.3 Å². The normalized spacial score (nSPS) is 16.7. The molecule has 4 heterocycles. The molecular weight excluding hydrogens is 488 g/mol. The highest BCUT2D eigenvalue weighted by Gasteiger charge is 2.42. The summed E-state index contributed by atoms with van der Waals surface area (Å²) >= 11 is 0. The molecule has 2 aliphatic rings. The summed E-state index contributed by atoms with van der Waals surface area (Å²) in [6, 6.07) is 2.90. The Labute approximate surface area is 204 Å². The fraction of sp³-hybridized carbons (Fsp3) is 0.545. The van der Waals surface area contributed by atoms with Crippen molar-refractivity contribution < 1.29 is 36.3 Å². The Morgan fingerprint density at radius 2 is 1.75 bits per heavy atom. The van der Waals surface area contributed by atoms with Crippen molar-refractivity contribution in [2.75, 3.05) is 67.7 Å². The predicted octanol–water partition coefficient (Wildman–Crippen LogP) is 3.56. The van der Waals surface area contributed by atoms with E-state index in [1.807, 2.05) is 4.90 Å². The van der Waals surface area contributed by atoms with Gasteiger partial charge in [0.15, 0.2) is 5.69 Å². The fourth-order valence-electron chi connectivity index (χ4n) is 4.05. The third kappa shape index (κ3) is 5.97. The van der Waals surface area contributed by atoms with E-state index >= 15 is 0 Å². The topological polar surface area (TPSA) is 104 Å². The smallest absolute Gasteiger partial charge is 0.437 e. The molecule has 2 aromatic heterocycles. The number of oxazole rings is 1. The van der Waals surface area contributed by atoms with E-state index < -0.39 is 36.3 Å². The maximum Gasteiger partial charge on any atom is 0.437 e. The first-order valence-corrected chi connectivity index (χ1v) is 11.6. The molecule has 0 bridgehead atoms. The number of hydrogen-bond acceptors (Lipinski definition) is 8. The number of ether oxygens (including phenoxy) is 1. The summed E-state index contributed by atoms with van der Waals surface area (Å²) in [6.07, 6.45) is -1.52. The van der Waals surface area contributed by atoms with Crippen LogP contribution in [0.5, 0.6) is 0 Å². The Bertz CT molecular complexity index is 1050. The van der Waals surface area contributed by atoms with Gasteiger partial charge < -0.3 is 29.2 Å². The van der Waals surface area contributed by atoms with Crippen LogP contribution in [0.25, 0.3) is 0 Å². The standard InChI is InChI=1S/C22H26F4N6O4/c23-6-13-35-21(34)32-11-9-30(10-12-32)16-5-4-15(14-27-16)28-19(33)17-18(22(24,25)26)29-20(36-17)31-7-2-1-3-8-31/h4-5,14H,1-3,6-13H2,(H,28,33). The SMILES string of the molecule is O=C(Nc1ccc(N2CCN(C(=O)OCCF)CC2)nc1)c1oc(N2CCCCC2)nc1C(F)(F)F. The van der Waals surface area contributed by atoms with Crippen molar-refractivity contribution in [1.29, 1.82) is 0 Å². The summed E-state index contributed by atoms with van der Waals surface area (Å²) in [5.74, 6) is -1.41. The van der Waals surface area contributed by atoms with Crippen molar-refractivity contribution in [1.82, 2.24) is 14.9 Å². The van der Waals surface area contributed by atoms with Gasteiger partial charge in [-0.05, 0) is 31.4 Å². The van der Waals surface area contributed by atoms with E-state index in [-0.39, 0.29) is 18.3 Å². The molecule has 0 aromatic carbocycles. The lowest BCUT2D eigenvalue weighted by Crippen LogP contribution is -2.49. The molecule has 2 aromatic rings. The second kappa shape index (κ2) is 11.0. The number of nitrogens with zero attached hydrogens (tertiary/aromatic N) is 5. The Hall–Kier alpha value is -3.58. The molecule has 0 radical (unpaired) electrons. The van der Waals surface area contributed by atoms with Crippen LogP contribution in [-0.4, -0.2) is 79.4 Å². The Morgan fingerprint density at radius 1 is 1.03 bits per heavy atom. The number of nitrogens with one attached hydrogen (secondary N) is 1. The second-order valence-corrected chi connectivity index (χ2v) is 8.36. The van der Waals surface area contributed by atoms with Crippen molar-refractivity contribution in [3.63, 3.8) is 0 Å². The molecular formula is C22H26F4N6O4. The summed E-state index contributed by atoms with van der Waals surface area (Å²) < 4.78 is 62.8. The molecule has 0 spiro atoms. The minimum absolute atomic E-state index is 0.182. The van der Waals surface area contributed by atoms with Crippen LogP contribution < -0.4 is 15.1 Å². The van der Waals surface area contributed by atoms with Gasteiger partial charge in [0.05, 0.1) is 11.9 Å². The Kier molecular flexibility index (Phi) is 7.79. The number of aromatic nitrogens is 2. The summed E-state index contributed by atoms with van der Waals surface area (Å²) in [5, 5.41) is 2.39. The van der Waals surface area contributed by atoms with Crippen molar-refractivity contribution in [2.45, 2.75) is 25.4 Å². The fourth-order valence-corrected chi connectivity index (χ4v) is 4.05. The zero-order chi connectivity index (χ0) is 25.7. The summed E-state index contributed by atoms with van der Waals surface area (Å²) in [4.78, 5) is 37.3. The van der Waals surface area contributed by atoms with Gasteiger partial charge in [-0.25, -0.2) is 14.2 Å². The first kappa shape index (κ1) is 25.5. The maximum atomic E-state index is 13.5. The highest BCUT2D eigenvalue weighted by Crippen LogP contribution is 2.35. The van der Waals surface area contributed by atoms with Gasteiger partial charge in [-0.3, -0.25) is 4.79 Å². The van der Waals surface area contributed by atoms with Crippen molar-refractivity contribution in [3.05, 3.63) is 29.8 Å². The van der Waals surface area contributed by atoms with E-state index in [2.05, 4.69) is 15.3 Å². The second-order valence-electron chi connectivity index (χ2n) is 8.36. The minimum atomic E-state index is -4.85. The Morgan fingerprint density at radius 3 is 2.36 bits per heavy atom. The van der Waals surface area contributed by atoms with Crippen molar-refractivity contribution in [3.8, 4) is 0 Å². The highest BCUT2D eigenvalue weighted by atomic mass is 19.4. The van der Waals surface area contributed by atoms with E-state index in [9.17, 15) is 27.2 Å². The van der Waals surface area contributed by atoms with Crippen LogP contribution in [0.4, 0.5) is 39.9 Å². The van der Waals surface area contributed by atoms with Gasteiger partial charge in [-0.2, -0.15) is 18.2 Å². The number of anilines is 3. The Balaban J connectivity index is 1.39. The lowest BCUT2D eigenvalue weighted by molar-refractivity contribution is -0.141. The van der Waals surface area contributed by atoms with Gasteiger partial charge in [-0.15, -0.1) is 0 Å². The monoisotopic (exact) mass is 514 g/mol. The third-order valence-electron chi connectivity index (χ3n) is 5.89. The van der Waals surface area contributed by atoms with Crippen molar-refractivity contribution in [2.24, 2.45) is 0 Å². The highest BCUT2D eigenvalue weighted by molar-refractivity contribution is 6.03. The number of piperazine rings is 1. The molecule has 4 rings (SSSR count). The summed E-state index contributed by atoms with van der Waals surface area (Å²) in [5.41, 5.74) is -1.19. The van der Waals surface area contributed by atoms with Crippen LogP contribution in [0.3, 0.4) is 0 Å². The van der Waals surface area contributed by atoms with Crippen LogP contribution in [0.2, 0.25) is 0 Å². The molecule has 0 aliphatic carbocycles. The third-order valence-corrected chi connectivity index (χ3v) is 5.89. The van der Waals surface area contributed by atoms with Crippen LogP contribution in [0, 0.1) is 0 Å². The van der Waals surface area contributed by atoms with E-state index in [0.29, 0.717) is 45.1 Å². The molecule has 10 nitrogen and oxygen atoms in total. The zero-order valence-electron chi connectivity index (χ0n) is 19.4. The van der Waals surface area contributed by atoms with E-state index in [1.165, 1.54) is 17.2 Å². The molecule has 2 saturated heterocycles. The van der Waals surface area contributed by atoms with Gasteiger partial charge in [-0.1, -0.05) is 0 Å². The number of alkyl halides is 4. The number of piperidine rings is 1. The number of pyridine rings is 1. The quantitative estimate of drug-likeness (QED) is 0.584. The van der Waals surface area contributed by atoms with E-state index in [4.69, 9.17) is 9.15 Å². The lowest BCUT2D eigenvalue weighted by Gasteiger charge is -2.34. The molecule has 2 aliphatic heterocycles. The first-order valence-electron chi connectivity index (χ1n) is 11.6. The van der Waals surface area contributed by atoms with Gasteiger partial charge >= 0.3 is 12.3 Å². The molecule has 36 heavy (non-hydrogen) atoms. The lowest BCUT2D eigenvalue weighted by atomic mass is 10.1. The maximum absolute atomic E-state index is 13.5. The number of carbonyl (C=O) groups excluding carboxylic acids is 2. The number of amides is 2. The summed E-state index contributed by atoms with van der Waals surface area (Å²) in [6.45, 7) is 1.62. The number of hydrogen-bond donors (Lipinski definition) is 1. The van der Waals surface area contributed by atoms with Crippen molar-refractivity contribution >= 4 is 29.5 Å². The molecule has 14 heteroatoms. The average molecular weight is 514 g/mol. The number of rotatable bonds is 6. The average Bonchev–Trinajstić information content (AvgIpc) is 3.35. The van der Waals surface area contributed by atoms with Crippen LogP contribution in [0.1, 0.15) is 35.5 Å². The van der Waals surface area contributed by atoms with Gasteiger partial charge in [0.2, 0.25) is 5.76 Å². The molecule has 1 N–H and O–H groups in total. The van der Waals surface area contributed by atoms with Gasteiger partial charge in [0, 0.05) is 39.3 Å². The van der Waals surface area contributed by atoms with Crippen LogP contribution in [0.15, 0.2) is 22.7 Å². The molecule has 196 valence electrons. The number of halogens is 4. The number of carbonyl (C=O) groups is 2. The molecule has 2 fully saturated rings. The predicted molar refractivity (Wildman–Crippen MR) is 121 cm³/mol. The molecule has 0 saturated carbocycles. The summed E-state index contributed by atoms with van der Waals surface area (Å²) in [7, 11) is 0. The van der Waals surface area contributed by atoms with Crippen LogP contribution in [-0.2, 0) is 10.9 Å². The van der Waals surface area contributed by atoms with Gasteiger partial charge in [0.1, 0.15) is 19.1 Å².